The van der Waals surface area contributed by atoms with E-state index < -0.39 is 0 Å². The largest absolute Gasteiger partial charge is 0.368 e. The van der Waals surface area contributed by atoms with Crippen molar-refractivity contribution in [2.75, 3.05) is 18.0 Å². The summed E-state index contributed by atoms with van der Waals surface area (Å²) in [7, 11) is 0. The van der Waals surface area contributed by atoms with Crippen LogP contribution >= 0.6 is 0 Å². The third-order valence-corrected chi connectivity index (χ3v) is 4.15. The molecule has 1 atom stereocenters. The van der Waals surface area contributed by atoms with Crippen LogP contribution < -0.4 is 10.6 Å². The van der Waals surface area contributed by atoms with Gasteiger partial charge < -0.3 is 10.6 Å². The van der Waals surface area contributed by atoms with E-state index in [1.165, 1.54) is 36.9 Å². The van der Waals surface area contributed by atoms with Crippen LogP contribution in [0.1, 0.15) is 37.2 Å². The number of hydrogen-bond acceptors (Lipinski definition) is 2. The molecule has 1 unspecified atom stereocenters. The fraction of sp³-hybridized carbons (Fsp3) is 0.571. The van der Waals surface area contributed by atoms with Crippen LogP contribution in [0.15, 0.2) is 24.3 Å². The van der Waals surface area contributed by atoms with Crippen molar-refractivity contribution in [1.29, 1.82) is 0 Å². The first kappa shape index (κ1) is 10.2. The van der Waals surface area contributed by atoms with Gasteiger partial charge in [0.15, 0.2) is 0 Å². The molecule has 2 N–H and O–H groups in total. The molecule has 0 amide bonds. The molecule has 16 heavy (non-hydrogen) atoms. The quantitative estimate of drug-likeness (QED) is 0.823. The zero-order chi connectivity index (χ0) is 11.0. The van der Waals surface area contributed by atoms with Crippen LogP contribution in [0.3, 0.4) is 0 Å². The van der Waals surface area contributed by atoms with Crippen LogP contribution in [0, 0.1) is 0 Å². The zero-order valence-corrected chi connectivity index (χ0v) is 9.73. The molecule has 0 spiro atoms. The molecule has 1 saturated carbocycles. The average molecular weight is 216 g/mol. The van der Waals surface area contributed by atoms with Crippen molar-refractivity contribution in [2.45, 2.75) is 37.6 Å². The Bertz CT molecular complexity index is 369. The van der Waals surface area contributed by atoms with E-state index in [9.17, 15) is 0 Å². The number of hydrogen-bond donors (Lipinski definition) is 1. The smallest absolute Gasteiger partial charge is 0.0405 e. The Morgan fingerprint density at radius 3 is 2.69 bits per heavy atom. The number of para-hydroxylation sites is 1. The lowest BCUT2D eigenvalue weighted by Crippen LogP contribution is -2.33. The van der Waals surface area contributed by atoms with Crippen LogP contribution in [0.4, 0.5) is 5.69 Å². The molecular formula is C14H20N2. The van der Waals surface area contributed by atoms with Crippen LogP contribution in [0.2, 0.25) is 0 Å². The summed E-state index contributed by atoms with van der Waals surface area (Å²) in [6.07, 6.45) is 5.53. The molecule has 0 saturated heterocycles. The Labute approximate surface area is 97.4 Å². The Morgan fingerprint density at radius 1 is 1.19 bits per heavy atom. The second-order valence-corrected chi connectivity index (χ2v) is 5.08. The average Bonchev–Trinajstić information content (AvgIpc) is 2.95. The van der Waals surface area contributed by atoms with Gasteiger partial charge in [0.2, 0.25) is 0 Å². The first-order valence-corrected chi connectivity index (χ1v) is 6.46. The molecule has 0 radical (unpaired) electrons. The maximum atomic E-state index is 5.88. The summed E-state index contributed by atoms with van der Waals surface area (Å²) >= 11 is 0. The summed E-state index contributed by atoms with van der Waals surface area (Å²) in [5, 5.41) is 0. The molecule has 0 bridgehead atoms. The highest BCUT2D eigenvalue weighted by atomic mass is 15.2. The summed E-state index contributed by atoms with van der Waals surface area (Å²) < 4.78 is 0. The first-order valence-electron chi connectivity index (χ1n) is 6.46. The van der Waals surface area contributed by atoms with Crippen LogP contribution in [0.25, 0.3) is 0 Å². The second kappa shape index (κ2) is 4.10. The predicted octanol–water partition coefficient (Wildman–Crippen LogP) is 2.49. The molecule has 1 aromatic carbocycles. The second-order valence-electron chi connectivity index (χ2n) is 5.08. The molecule has 2 aliphatic rings. The van der Waals surface area contributed by atoms with Crippen molar-refractivity contribution in [3.63, 3.8) is 0 Å². The number of nitrogens with two attached hydrogens (primary N) is 1. The number of fused-ring (bicyclic) bond motifs is 1. The molecule has 1 aliphatic carbocycles. The Hall–Kier alpha value is -1.02. The van der Waals surface area contributed by atoms with Gasteiger partial charge in [-0.2, -0.15) is 0 Å². The van der Waals surface area contributed by atoms with E-state index in [1.54, 1.807) is 0 Å². The lowest BCUT2D eigenvalue weighted by atomic mass is 10.0. The van der Waals surface area contributed by atoms with Crippen molar-refractivity contribution < 1.29 is 0 Å². The van der Waals surface area contributed by atoms with Gasteiger partial charge in [-0.3, -0.25) is 0 Å². The van der Waals surface area contributed by atoms with E-state index in [2.05, 4.69) is 29.2 Å². The standard InChI is InChI=1S/C14H20N2/c15-9-11-10-16(12-5-1-2-6-12)14-8-4-3-7-13(11)14/h3-4,7-8,11-12H,1-2,5-6,9-10,15H2. The summed E-state index contributed by atoms with van der Waals surface area (Å²) in [6, 6.07) is 9.59. The van der Waals surface area contributed by atoms with Crippen molar-refractivity contribution in [3.05, 3.63) is 29.8 Å². The summed E-state index contributed by atoms with van der Waals surface area (Å²) in [5.74, 6) is 0.553. The molecule has 1 aromatic rings. The molecule has 1 aliphatic heterocycles. The summed E-state index contributed by atoms with van der Waals surface area (Å²) in [6.45, 7) is 1.92. The number of nitrogens with zero attached hydrogens (tertiary/aromatic N) is 1. The van der Waals surface area contributed by atoms with E-state index in [-0.39, 0.29) is 0 Å². The highest BCUT2D eigenvalue weighted by Crippen LogP contribution is 2.39. The number of benzene rings is 1. The lowest BCUT2D eigenvalue weighted by molar-refractivity contribution is 0.593. The van der Waals surface area contributed by atoms with Crippen LogP contribution in [-0.4, -0.2) is 19.1 Å². The Morgan fingerprint density at radius 2 is 1.94 bits per heavy atom. The maximum absolute atomic E-state index is 5.88. The molecule has 2 nitrogen and oxygen atoms in total. The predicted molar refractivity (Wildman–Crippen MR) is 67.8 cm³/mol. The maximum Gasteiger partial charge on any atom is 0.0405 e. The van der Waals surface area contributed by atoms with Gasteiger partial charge in [-0.25, -0.2) is 0 Å². The lowest BCUT2D eigenvalue weighted by Gasteiger charge is -2.27. The molecule has 1 fully saturated rings. The Balaban J connectivity index is 1.92. The minimum atomic E-state index is 0.553. The van der Waals surface area contributed by atoms with Gasteiger partial charge >= 0.3 is 0 Å². The third-order valence-electron chi connectivity index (χ3n) is 4.15. The number of rotatable bonds is 2. The SMILES string of the molecule is NCC1CN(C2CCCC2)c2ccccc21. The molecular weight excluding hydrogens is 196 g/mol. The minimum Gasteiger partial charge on any atom is -0.368 e. The molecule has 3 rings (SSSR count). The van der Waals surface area contributed by atoms with E-state index in [0.29, 0.717) is 5.92 Å². The fourth-order valence-electron chi connectivity index (χ4n) is 3.29. The normalized spacial score (nSPS) is 25.1. The summed E-state index contributed by atoms with van der Waals surface area (Å²) in [5.41, 5.74) is 8.80. The van der Waals surface area contributed by atoms with Crippen molar-refractivity contribution in [1.82, 2.24) is 0 Å². The topological polar surface area (TPSA) is 29.3 Å². The molecule has 86 valence electrons. The van der Waals surface area contributed by atoms with Gasteiger partial charge in [-0.1, -0.05) is 31.0 Å². The third kappa shape index (κ3) is 1.52. The Kier molecular flexibility index (Phi) is 2.60. The van der Waals surface area contributed by atoms with E-state index in [1.807, 2.05) is 0 Å². The van der Waals surface area contributed by atoms with Crippen LogP contribution in [-0.2, 0) is 0 Å². The highest BCUT2D eigenvalue weighted by molar-refractivity contribution is 5.61. The van der Waals surface area contributed by atoms with Gasteiger partial charge in [0.1, 0.15) is 0 Å². The summed E-state index contributed by atoms with van der Waals surface area (Å²) in [4.78, 5) is 2.61. The van der Waals surface area contributed by atoms with E-state index in [0.717, 1.165) is 19.1 Å². The fourth-order valence-corrected chi connectivity index (χ4v) is 3.29. The van der Waals surface area contributed by atoms with Crippen molar-refractivity contribution in [2.24, 2.45) is 5.73 Å². The molecule has 0 aromatic heterocycles. The van der Waals surface area contributed by atoms with Crippen LogP contribution in [0.5, 0.6) is 0 Å². The highest BCUT2D eigenvalue weighted by Gasteiger charge is 2.32. The molecule has 1 heterocycles. The zero-order valence-electron chi connectivity index (χ0n) is 9.73. The number of anilines is 1. The van der Waals surface area contributed by atoms with Crippen molar-refractivity contribution in [3.8, 4) is 0 Å². The van der Waals surface area contributed by atoms with Gasteiger partial charge in [0.05, 0.1) is 0 Å². The van der Waals surface area contributed by atoms with Gasteiger partial charge in [-0.05, 0) is 24.5 Å². The van der Waals surface area contributed by atoms with E-state index >= 15 is 0 Å². The minimum absolute atomic E-state index is 0.553. The van der Waals surface area contributed by atoms with E-state index in [4.69, 9.17) is 5.73 Å². The van der Waals surface area contributed by atoms with Gasteiger partial charge in [0, 0.05) is 30.7 Å². The molecule has 2 heteroatoms. The monoisotopic (exact) mass is 216 g/mol. The first-order chi connectivity index (χ1) is 7.90. The van der Waals surface area contributed by atoms with Crippen molar-refractivity contribution >= 4 is 5.69 Å². The van der Waals surface area contributed by atoms with Gasteiger partial charge in [-0.15, -0.1) is 0 Å². The van der Waals surface area contributed by atoms with Gasteiger partial charge in [0.25, 0.3) is 0 Å².